The monoisotopic (exact) mass is 247 g/mol. The summed E-state index contributed by atoms with van der Waals surface area (Å²) >= 11 is 11.7. The average molecular weight is 248 g/mol. The van der Waals surface area contributed by atoms with Crippen LogP contribution in [-0.4, -0.2) is 34.5 Å². The van der Waals surface area contributed by atoms with Crippen LogP contribution in [0.5, 0.6) is 0 Å². The number of halogens is 2. The zero-order valence-electron chi connectivity index (χ0n) is 8.03. The van der Waals surface area contributed by atoms with Crippen molar-refractivity contribution in [2.75, 3.05) is 18.0 Å². The molecule has 2 heterocycles. The fourth-order valence-corrected chi connectivity index (χ4v) is 2.09. The number of aromatic nitrogens is 2. The number of aliphatic hydroxyl groups is 1. The Labute approximate surface area is 97.8 Å². The van der Waals surface area contributed by atoms with E-state index in [2.05, 4.69) is 10.2 Å². The lowest BCUT2D eigenvalue weighted by atomic mass is 10.1. The molecule has 1 atom stereocenters. The molecule has 0 bridgehead atoms. The van der Waals surface area contributed by atoms with Crippen LogP contribution in [0.3, 0.4) is 0 Å². The molecule has 82 valence electrons. The predicted octanol–water partition coefficient (Wildman–Crippen LogP) is 1.74. The zero-order valence-corrected chi connectivity index (χ0v) is 9.54. The Hall–Kier alpha value is -0.580. The van der Waals surface area contributed by atoms with Crippen molar-refractivity contribution >= 4 is 28.9 Å². The van der Waals surface area contributed by atoms with E-state index in [0.717, 1.165) is 25.1 Å². The lowest BCUT2D eigenvalue weighted by Crippen LogP contribution is -2.38. The van der Waals surface area contributed by atoms with Gasteiger partial charge in [0.1, 0.15) is 0 Å². The van der Waals surface area contributed by atoms with Gasteiger partial charge < -0.3 is 10.0 Å². The molecule has 1 aromatic heterocycles. The number of hydrogen-bond donors (Lipinski definition) is 1. The zero-order chi connectivity index (χ0) is 10.8. The molecule has 1 aliphatic rings. The minimum absolute atomic E-state index is 0.304. The quantitative estimate of drug-likeness (QED) is 0.822. The van der Waals surface area contributed by atoms with Crippen LogP contribution in [0.1, 0.15) is 12.8 Å². The second-order valence-electron chi connectivity index (χ2n) is 3.59. The first kappa shape index (κ1) is 10.9. The van der Waals surface area contributed by atoms with Gasteiger partial charge in [-0.1, -0.05) is 23.2 Å². The molecule has 0 spiro atoms. The Balaban J connectivity index is 2.24. The molecule has 6 heteroatoms. The van der Waals surface area contributed by atoms with Crippen LogP contribution in [0, 0.1) is 0 Å². The highest BCUT2D eigenvalue weighted by molar-refractivity contribution is 6.33. The summed E-state index contributed by atoms with van der Waals surface area (Å²) in [6.07, 6.45) is 1.47. The summed E-state index contributed by atoms with van der Waals surface area (Å²) in [5.41, 5.74) is 0.746. The maximum absolute atomic E-state index is 9.55. The second-order valence-corrected chi connectivity index (χ2v) is 4.33. The van der Waals surface area contributed by atoms with Gasteiger partial charge in [0.25, 0.3) is 0 Å². The maximum atomic E-state index is 9.55. The number of nitrogens with zero attached hydrogens (tertiary/aromatic N) is 3. The normalized spacial score (nSPS) is 21.8. The average Bonchev–Trinajstić information content (AvgIpc) is 2.22. The number of aliphatic hydroxyl groups excluding tert-OH is 1. The number of piperidine rings is 1. The standard InChI is InChI=1S/C9H11Cl2N3O/c10-8-4-7(9(11)13-12-8)14-3-1-2-6(15)5-14/h4,6,15H,1-3,5H2/t6-/m0/s1. The number of rotatable bonds is 1. The SMILES string of the molecule is O[C@H]1CCCN(c2cc(Cl)nnc2Cl)C1. The lowest BCUT2D eigenvalue weighted by Gasteiger charge is -2.31. The minimum Gasteiger partial charge on any atom is -0.391 e. The minimum atomic E-state index is -0.304. The summed E-state index contributed by atoms with van der Waals surface area (Å²) in [4.78, 5) is 1.98. The van der Waals surface area contributed by atoms with Gasteiger partial charge in [-0.3, -0.25) is 0 Å². The summed E-state index contributed by atoms with van der Waals surface area (Å²) in [5, 5.41) is 17.6. The highest BCUT2D eigenvalue weighted by Gasteiger charge is 2.20. The Morgan fingerprint density at radius 1 is 1.40 bits per heavy atom. The fraction of sp³-hybridized carbons (Fsp3) is 0.556. The van der Waals surface area contributed by atoms with E-state index in [4.69, 9.17) is 23.2 Å². The van der Waals surface area contributed by atoms with Crippen molar-refractivity contribution in [3.8, 4) is 0 Å². The van der Waals surface area contributed by atoms with Gasteiger partial charge in [0.2, 0.25) is 0 Å². The third kappa shape index (κ3) is 2.51. The van der Waals surface area contributed by atoms with Crippen LogP contribution in [0.25, 0.3) is 0 Å². The van der Waals surface area contributed by atoms with Crippen molar-refractivity contribution in [3.63, 3.8) is 0 Å². The molecular weight excluding hydrogens is 237 g/mol. The molecule has 0 amide bonds. The van der Waals surface area contributed by atoms with E-state index in [1.54, 1.807) is 6.07 Å². The van der Waals surface area contributed by atoms with Gasteiger partial charge in [-0.25, -0.2) is 0 Å². The van der Waals surface area contributed by atoms with E-state index in [-0.39, 0.29) is 6.10 Å². The Bertz CT molecular complexity index is 361. The topological polar surface area (TPSA) is 49.2 Å². The first-order chi connectivity index (χ1) is 7.16. The summed E-state index contributed by atoms with van der Waals surface area (Å²) < 4.78 is 0. The molecule has 4 nitrogen and oxygen atoms in total. The Morgan fingerprint density at radius 3 is 2.93 bits per heavy atom. The van der Waals surface area contributed by atoms with Crippen LogP contribution in [0.15, 0.2) is 6.07 Å². The molecule has 1 saturated heterocycles. The van der Waals surface area contributed by atoms with E-state index in [1.807, 2.05) is 4.90 Å². The smallest absolute Gasteiger partial charge is 0.175 e. The summed E-state index contributed by atoms with van der Waals surface area (Å²) in [7, 11) is 0. The van der Waals surface area contributed by atoms with Crippen LogP contribution >= 0.6 is 23.2 Å². The van der Waals surface area contributed by atoms with Gasteiger partial charge in [0.05, 0.1) is 11.8 Å². The molecule has 0 unspecified atom stereocenters. The molecular formula is C9H11Cl2N3O. The van der Waals surface area contributed by atoms with Gasteiger partial charge in [-0.15, -0.1) is 10.2 Å². The first-order valence-electron chi connectivity index (χ1n) is 4.78. The van der Waals surface area contributed by atoms with Crippen LogP contribution in [0.4, 0.5) is 5.69 Å². The van der Waals surface area contributed by atoms with E-state index < -0.39 is 0 Å². The van der Waals surface area contributed by atoms with Crippen molar-refractivity contribution in [2.24, 2.45) is 0 Å². The van der Waals surface area contributed by atoms with E-state index >= 15 is 0 Å². The highest BCUT2D eigenvalue weighted by Crippen LogP contribution is 2.27. The van der Waals surface area contributed by atoms with E-state index in [9.17, 15) is 5.11 Å². The largest absolute Gasteiger partial charge is 0.391 e. The Kier molecular flexibility index (Phi) is 3.29. The maximum Gasteiger partial charge on any atom is 0.175 e. The molecule has 0 aromatic carbocycles. The third-order valence-electron chi connectivity index (χ3n) is 2.44. The molecule has 0 saturated carbocycles. The van der Waals surface area contributed by atoms with Crippen molar-refractivity contribution in [1.82, 2.24) is 10.2 Å². The molecule has 1 fully saturated rings. The summed E-state index contributed by atoms with van der Waals surface area (Å²) in [5.74, 6) is 0. The highest BCUT2D eigenvalue weighted by atomic mass is 35.5. The molecule has 1 aliphatic heterocycles. The first-order valence-corrected chi connectivity index (χ1v) is 5.54. The van der Waals surface area contributed by atoms with Crippen molar-refractivity contribution < 1.29 is 5.11 Å². The van der Waals surface area contributed by atoms with Gasteiger partial charge in [-0.2, -0.15) is 0 Å². The molecule has 15 heavy (non-hydrogen) atoms. The van der Waals surface area contributed by atoms with Gasteiger partial charge in [0.15, 0.2) is 10.3 Å². The molecule has 1 aromatic rings. The molecule has 0 radical (unpaired) electrons. The van der Waals surface area contributed by atoms with E-state index in [1.165, 1.54) is 0 Å². The van der Waals surface area contributed by atoms with Gasteiger partial charge >= 0.3 is 0 Å². The van der Waals surface area contributed by atoms with Crippen LogP contribution in [-0.2, 0) is 0 Å². The molecule has 1 N–H and O–H groups in total. The number of hydrogen-bond acceptors (Lipinski definition) is 4. The third-order valence-corrected chi connectivity index (χ3v) is 2.89. The van der Waals surface area contributed by atoms with Crippen LogP contribution < -0.4 is 4.90 Å². The lowest BCUT2D eigenvalue weighted by molar-refractivity contribution is 0.154. The van der Waals surface area contributed by atoms with Gasteiger partial charge in [-0.05, 0) is 12.8 Å². The molecule has 2 rings (SSSR count). The summed E-state index contributed by atoms with van der Waals surface area (Å²) in [6, 6.07) is 1.68. The second kappa shape index (κ2) is 4.51. The van der Waals surface area contributed by atoms with Crippen molar-refractivity contribution in [3.05, 3.63) is 16.4 Å². The molecule has 0 aliphatic carbocycles. The van der Waals surface area contributed by atoms with Gasteiger partial charge in [0, 0.05) is 19.2 Å². The number of anilines is 1. The fourth-order valence-electron chi connectivity index (χ4n) is 1.74. The summed E-state index contributed by atoms with van der Waals surface area (Å²) in [6.45, 7) is 1.43. The van der Waals surface area contributed by atoms with Crippen LogP contribution in [0.2, 0.25) is 10.3 Å². The Morgan fingerprint density at radius 2 is 2.20 bits per heavy atom. The van der Waals surface area contributed by atoms with Crippen molar-refractivity contribution in [2.45, 2.75) is 18.9 Å². The van der Waals surface area contributed by atoms with Crippen molar-refractivity contribution in [1.29, 1.82) is 0 Å². The predicted molar refractivity (Wildman–Crippen MR) is 59.5 cm³/mol. The number of β-amino-alcohol motifs (C(OH)–C–C–N with tert-alkyl or cyclic N) is 1. The van der Waals surface area contributed by atoms with E-state index in [0.29, 0.717) is 16.9 Å².